The fourth-order valence-corrected chi connectivity index (χ4v) is 6.70. The van der Waals surface area contributed by atoms with E-state index < -0.39 is 0 Å². The average molecular weight is 509 g/mol. The number of fused-ring (bicyclic) bond motifs is 11. The molecule has 3 heterocycles. The molecule has 2 nitrogen and oxygen atoms in total. The molecule has 0 radical (unpaired) electrons. The molecular weight excluding hydrogens is 484 g/mol. The summed E-state index contributed by atoms with van der Waals surface area (Å²) in [5, 5.41) is 1.28. The summed E-state index contributed by atoms with van der Waals surface area (Å²) in [6, 6.07) is 53.0. The highest BCUT2D eigenvalue weighted by molar-refractivity contribution is 6.14. The summed E-state index contributed by atoms with van der Waals surface area (Å²) in [6.45, 7) is 0. The van der Waals surface area contributed by atoms with E-state index in [-0.39, 0.29) is 0 Å². The van der Waals surface area contributed by atoms with E-state index in [2.05, 4.69) is 155 Å². The van der Waals surface area contributed by atoms with Gasteiger partial charge in [-0.25, -0.2) is 0 Å². The minimum absolute atomic E-state index is 1.21. The van der Waals surface area contributed by atoms with Crippen LogP contribution in [-0.4, -0.2) is 8.97 Å². The summed E-state index contributed by atoms with van der Waals surface area (Å²) in [7, 11) is 0. The van der Waals surface area contributed by atoms with Crippen molar-refractivity contribution >= 4 is 27.6 Å². The Morgan fingerprint density at radius 2 is 0.975 bits per heavy atom. The highest BCUT2D eigenvalue weighted by Crippen LogP contribution is 2.49. The molecule has 0 saturated carbocycles. The summed E-state index contributed by atoms with van der Waals surface area (Å²) in [4.78, 5) is 0. The van der Waals surface area contributed by atoms with Crippen LogP contribution in [0.25, 0.3) is 77.8 Å². The lowest BCUT2D eigenvalue weighted by atomic mass is 9.91. The molecule has 2 aromatic heterocycles. The van der Waals surface area contributed by atoms with Crippen molar-refractivity contribution in [1.82, 2.24) is 8.97 Å². The van der Waals surface area contributed by atoms with Crippen LogP contribution in [0.2, 0.25) is 0 Å². The molecule has 40 heavy (non-hydrogen) atoms. The molecule has 1 aliphatic heterocycles. The monoisotopic (exact) mass is 508 g/mol. The van der Waals surface area contributed by atoms with Crippen molar-refractivity contribution in [3.63, 3.8) is 0 Å². The van der Waals surface area contributed by atoms with E-state index in [9.17, 15) is 0 Å². The van der Waals surface area contributed by atoms with Crippen LogP contribution < -0.4 is 0 Å². The molecule has 0 atom stereocenters. The quantitative estimate of drug-likeness (QED) is 0.220. The summed E-state index contributed by atoms with van der Waals surface area (Å²) in [5.74, 6) is 0. The molecule has 0 aliphatic carbocycles. The molecule has 0 unspecified atom stereocenters. The number of hydrogen-bond donors (Lipinski definition) is 0. The molecule has 8 aromatic rings. The molecular formula is C38H24N2. The van der Waals surface area contributed by atoms with Crippen molar-refractivity contribution in [2.75, 3.05) is 0 Å². The predicted molar refractivity (Wildman–Crippen MR) is 167 cm³/mol. The number of aromatic nitrogens is 2. The van der Waals surface area contributed by atoms with Crippen LogP contribution in [0.3, 0.4) is 0 Å². The van der Waals surface area contributed by atoms with E-state index in [1.54, 1.807) is 0 Å². The third-order valence-corrected chi connectivity index (χ3v) is 8.46. The normalized spacial score (nSPS) is 12.0. The molecule has 0 amide bonds. The molecule has 9 rings (SSSR count). The van der Waals surface area contributed by atoms with E-state index in [1.165, 1.54) is 77.8 Å². The number of imidazole rings is 1. The largest absolute Gasteiger partial charge is 0.293 e. The molecule has 6 aromatic carbocycles. The number of hydrogen-bond acceptors (Lipinski definition) is 0. The Balaban J connectivity index is 1.46. The number of benzene rings is 6. The molecule has 1 aliphatic rings. The van der Waals surface area contributed by atoms with Crippen LogP contribution in [0.1, 0.15) is 0 Å². The van der Waals surface area contributed by atoms with E-state index in [0.717, 1.165) is 0 Å². The standard InChI is InChI=1S/C38H24N2/c1-3-11-25(12-4-1)27-19-21-33-31(23-27)29-15-7-8-16-30(29)37-32-24-28(26-13-5-2-6-14-26)20-22-34(32)40-36-18-10-9-17-35(36)39(33)38(37)40/h1-24H. The SMILES string of the molecule is c1ccc(-c2ccc3c(c2)-c2ccccc2-c2c4cc(-c5ccccc5)ccc4n4c5ccccc5n-3c24)cc1. The second-order valence-corrected chi connectivity index (χ2v) is 10.6. The fraction of sp³-hybridized carbons (Fsp3) is 0. The molecule has 0 bridgehead atoms. The summed E-state index contributed by atoms with van der Waals surface area (Å²) in [5.41, 5.74) is 16.1. The molecule has 0 fully saturated rings. The first-order valence-electron chi connectivity index (χ1n) is 13.8. The van der Waals surface area contributed by atoms with Crippen LogP contribution in [0, 0.1) is 0 Å². The van der Waals surface area contributed by atoms with Crippen molar-refractivity contribution in [3.8, 4) is 50.2 Å². The molecule has 0 spiro atoms. The van der Waals surface area contributed by atoms with Crippen molar-refractivity contribution < 1.29 is 0 Å². The zero-order chi connectivity index (χ0) is 26.2. The Bertz CT molecular complexity index is 2250. The molecule has 2 heteroatoms. The zero-order valence-electron chi connectivity index (χ0n) is 21.8. The van der Waals surface area contributed by atoms with Gasteiger partial charge in [-0.05, 0) is 69.8 Å². The van der Waals surface area contributed by atoms with Crippen LogP contribution in [0.15, 0.2) is 146 Å². The van der Waals surface area contributed by atoms with Crippen LogP contribution in [0.4, 0.5) is 0 Å². The van der Waals surface area contributed by atoms with Gasteiger partial charge in [0, 0.05) is 16.5 Å². The Morgan fingerprint density at radius 1 is 0.375 bits per heavy atom. The average Bonchev–Trinajstić information content (AvgIpc) is 3.49. The Morgan fingerprint density at radius 3 is 1.73 bits per heavy atom. The molecule has 0 saturated heterocycles. The van der Waals surface area contributed by atoms with Crippen molar-refractivity contribution in [3.05, 3.63) is 146 Å². The second kappa shape index (κ2) is 8.08. The van der Waals surface area contributed by atoms with E-state index >= 15 is 0 Å². The van der Waals surface area contributed by atoms with Crippen molar-refractivity contribution in [2.45, 2.75) is 0 Å². The maximum Gasteiger partial charge on any atom is 0.131 e. The first-order valence-corrected chi connectivity index (χ1v) is 13.8. The molecule has 0 N–H and O–H groups in total. The number of nitrogens with zero attached hydrogens (tertiary/aromatic N) is 2. The van der Waals surface area contributed by atoms with Gasteiger partial charge < -0.3 is 0 Å². The van der Waals surface area contributed by atoms with Gasteiger partial charge in [-0.1, -0.05) is 109 Å². The highest BCUT2D eigenvalue weighted by atomic mass is 15.1. The van der Waals surface area contributed by atoms with Gasteiger partial charge >= 0.3 is 0 Å². The lowest BCUT2D eigenvalue weighted by Gasteiger charge is -2.14. The lowest BCUT2D eigenvalue weighted by Crippen LogP contribution is -1.96. The van der Waals surface area contributed by atoms with Gasteiger partial charge in [-0.15, -0.1) is 0 Å². The van der Waals surface area contributed by atoms with E-state index in [0.29, 0.717) is 0 Å². The van der Waals surface area contributed by atoms with Gasteiger partial charge in [0.2, 0.25) is 0 Å². The number of para-hydroxylation sites is 2. The Hall–Kier alpha value is -5.34. The van der Waals surface area contributed by atoms with Gasteiger partial charge in [0.05, 0.1) is 22.2 Å². The van der Waals surface area contributed by atoms with Gasteiger partial charge in [-0.2, -0.15) is 0 Å². The minimum atomic E-state index is 1.21. The van der Waals surface area contributed by atoms with Crippen LogP contribution >= 0.6 is 0 Å². The van der Waals surface area contributed by atoms with Crippen molar-refractivity contribution in [2.24, 2.45) is 0 Å². The van der Waals surface area contributed by atoms with Gasteiger partial charge in [0.15, 0.2) is 0 Å². The van der Waals surface area contributed by atoms with Crippen molar-refractivity contribution in [1.29, 1.82) is 0 Å². The van der Waals surface area contributed by atoms with Gasteiger partial charge in [0.25, 0.3) is 0 Å². The van der Waals surface area contributed by atoms with Gasteiger partial charge in [0.1, 0.15) is 5.65 Å². The smallest absolute Gasteiger partial charge is 0.131 e. The summed E-state index contributed by atoms with van der Waals surface area (Å²) in [6.07, 6.45) is 0. The first-order chi connectivity index (χ1) is 19.9. The Labute approximate surface area is 232 Å². The highest BCUT2D eigenvalue weighted by Gasteiger charge is 2.28. The summed E-state index contributed by atoms with van der Waals surface area (Å²) < 4.78 is 4.95. The second-order valence-electron chi connectivity index (χ2n) is 10.6. The van der Waals surface area contributed by atoms with Gasteiger partial charge in [-0.3, -0.25) is 8.97 Å². The zero-order valence-corrected chi connectivity index (χ0v) is 21.8. The topological polar surface area (TPSA) is 9.34 Å². The number of rotatable bonds is 2. The lowest BCUT2D eigenvalue weighted by molar-refractivity contribution is 1.16. The maximum atomic E-state index is 2.48. The molecule has 186 valence electrons. The van der Waals surface area contributed by atoms with E-state index in [4.69, 9.17) is 0 Å². The first kappa shape index (κ1) is 21.6. The van der Waals surface area contributed by atoms with Crippen LogP contribution in [0.5, 0.6) is 0 Å². The maximum absolute atomic E-state index is 2.48. The van der Waals surface area contributed by atoms with Crippen LogP contribution in [-0.2, 0) is 0 Å². The van der Waals surface area contributed by atoms with E-state index in [1.807, 2.05) is 0 Å². The third kappa shape index (κ3) is 2.88. The minimum Gasteiger partial charge on any atom is -0.293 e. The third-order valence-electron chi connectivity index (χ3n) is 8.46. The Kier molecular flexibility index (Phi) is 4.36. The predicted octanol–water partition coefficient (Wildman–Crippen LogP) is 10.0. The summed E-state index contributed by atoms with van der Waals surface area (Å²) >= 11 is 0. The fourth-order valence-electron chi connectivity index (χ4n) is 6.70.